The molecule has 0 spiro atoms. The van der Waals surface area contributed by atoms with Gasteiger partial charge in [-0.1, -0.05) is 23.8 Å². The van der Waals surface area contributed by atoms with Crippen molar-refractivity contribution in [2.24, 2.45) is 0 Å². The summed E-state index contributed by atoms with van der Waals surface area (Å²) in [5.74, 6) is -1.03. The number of oxazole rings is 1. The van der Waals surface area contributed by atoms with Crippen LogP contribution in [-0.2, 0) is 9.53 Å². The lowest BCUT2D eigenvalue weighted by Gasteiger charge is -2.07. The van der Waals surface area contributed by atoms with Gasteiger partial charge in [-0.25, -0.2) is 9.78 Å². The van der Waals surface area contributed by atoms with Gasteiger partial charge in [0.2, 0.25) is 0 Å². The molecule has 1 N–H and O–H groups in total. The molecule has 0 saturated heterocycles. The van der Waals surface area contributed by atoms with Crippen LogP contribution in [0.1, 0.15) is 15.9 Å². The van der Waals surface area contributed by atoms with E-state index in [-0.39, 0.29) is 12.2 Å². The fourth-order valence-electron chi connectivity index (χ4n) is 2.09. The van der Waals surface area contributed by atoms with Crippen LogP contribution in [0.4, 0.5) is 5.69 Å². The second kappa shape index (κ2) is 6.31. The van der Waals surface area contributed by atoms with Crippen LogP contribution in [0, 0.1) is 6.92 Å². The van der Waals surface area contributed by atoms with Crippen molar-refractivity contribution in [1.29, 1.82) is 0 Å². The van der Waals surface area contributed by atoms with Crippen molar-refractivity contribution < 1.29 is 18.7 Å². The number of hydrogen-bond acceptors (Lipinski definition) is 5. The van der Waals surface area contributed by atoms with Crippen molar-refractivity contribution in [2.45, 2.75) is 6.92 Å². The molecule has 0 aliphatic rings. The molecule has 1 amide bonds. The van der Waals surface area contributed by atoms with Gasteiger partial charge in [0.15, 0.2) is 18.6 Å². The lowest BCUT2D eigenvalue weighted by molar-refractivity contribution is -0.119. The third kappa shape index (κ3) is 3.37. The Morgan fingerprint density at radius 3 is 2.74 bits per heavy atom. The first-order valence-corrected chi connectivity index (χ1v) is 6.99. The Labute approximate surface area is 132 Å². The summed E-state index contributed by atoms with van der Waals surface area (Å²) in [6.45, 7) is 1.58. The molecule has 0 bridgehead atoms. The van der Waals surface area contributed by atoms with E-state index < -0.39 is 11.9 Å². The lowest BCUT2D eigenvalue weighted by atomic mass is 10.2. The first-order chi connectivity index (χ1) is 11.1. The summed E-state index contributed by atoms with van der Waals surface area (Å²) in [4.78, 5) is 27.9. The SMILES string of the molecule is Cc1ccc(NC(=O)COC(=O)c2cccc3ocnc23)cc1. The Balaban J connectivity index is 1.61. The number of aryl methyl sites for hydroxylation is 1. The van der Waals surface area contributed by atoms with Crippen LogP contribution in [-0.4, -0.2) is 23.5 Å². The van der Waals surface area contributed by atoms with Gasteiger partial charge in [0.25, 0.3) is 5.91 Å². The van der Waals surface area contributed by atoms with E-state index in [9.17, 15) is 9.59 Å². The number of esters is 1. The van der Waals surface area contributed by atoms with Gasteiger partial charge in [-0.15, -0.1) is 0 Å². The maximum Gasteiger partial charge on any atom is 0.340 e. The number of carbonyl (C=O) groups excluding carboxylic acids is 2. The van der Waals surface area contributed by atoms with Crippen molar-refractivity contribution in [1.82, 2.24) is 4.98 Å². The van der Waals surface area contributed by atoms with Gasteiger partial charge in [-0.2, -0.15) is 0 Å². The maximum atomic E-state index is 12.1. The molecule has 0 saturated carbocycles. The molecule has 0 radical (unpaired) electrons. The molecule has 2 aromatic carbocycles. The second-order valence-electron chi connectivity index (χ2n) is 5.00. The first kappa shape index (κ1) is 14.8. The fraction of sp³-hybridized carbons (Fsp3) is 0.118. The van der Waals surface area contributed by atoms with Crippen LogP contribution in [0.3, 0.4) is 0 Å². The molecule has 0 aliphatic carbocycles. The molecule has 3 aromatic rings. The van der Waals surface area contributed by atoms with E-state index in [1.54, 1.807) is 30.3 Å². The minimum atomic E-state index is -0.622. The highest BCUT2D eigenvalue weighted by atomic mass is 16.5. The van der Waals surface area contributed by atoms with Crippen molar-refractivity contribution in [2.75, 3.05) is 11.9 Å². The van der Waals surface area contributed by atoms with Crippen LogP contribution in [0.5, 0.6) is 0 Å². The molecule has 0 unspecified atom stereocenters. The molecule has 6 nitrogen and oxygen atoms in total. The van der Waals surface area contributed by atoms with Gasteiger partial charge in [0.05, 0.1) is 5.56 Å². The summed E-state index contributed by atoms with van der Waals surface area (Å²) in [6, 6.07) is 12.3. The van der Waals surface area contributed by atoms with E-state index in [1.807, 2.05) is 19.1 Å². The minimum Gasteiger partial charge on any atom is -0.452 e. The number of nitrogens with one attached hydrogen (secondary N) is 1. The number of amides is 1. The normalized spacial score (nSPS) is 10.5. The number of benzene rings is 2. The largest absolute Gasteiger partial charge is 0.452 e. The van der Waals surface area contributed by atoms with Crippen molar-refractivity contribution >= 4 is 28.7 Å². The molecule has 6 heteroatoms. The average molecular weight is 310 g/mol. The maximum absolute atomic E-state index is 12.1. The number of aromatic nitrogens is 1. The Morgan fingerprint density at radius 1 is 1.17 bits per heavy atom. The molecule has 0 aliphatic heterocycles. The number of fused-ring (bicyclic) bond motifs is 1. The topological polar surface area (TPSA) is 81.4 Å². The zero-order valence-electron chi connectivity index (χ0n) is 12.4. The molecule has 0 atom stereocenters. The van der Waals surface area contributed by atoms with Gasteiger partial charge in [-0.3, -0.25) is 4.79 Å². The predicted octanol–water partition coefficient (Wildman–Crippen LogP) is 2.93. The van der Waals surface area contributed by atoms with Crippen LogP contribution < -0.4 is 5.32 Å². The number of anilines is 1. The zero-order valence-corrected chi connectivity index (χ0v) is 12.4. The summed E-state index contributed by atoms with van der Waals surface area (Å²) in [6.07, 6.45) is 1.26. The highest BCUT2D eigenvalue weighted by Crippen LogP contribution is 2.17. The highest BCUT2D eigenvalue weighted by Gasteiger charge is 2.15. The lowest BCUT2D eigenvalue weighted by Crippen LogP contribution is -2.21. The Kier molecular flexibility index (Phi) is 4.05. The van der Waals surface area contributed by atoms with E-state index in [0.29, 0.717) is 16.8 Å². The van der Waals surface area contributed by atoms with Gasteiger partial charge >= 0.3 is 5.97 Å². The van der Waals surface area contributed by atoms with Gasteiger partial charge in [-0.05, 0) is 31.2 Å². The quantitative estimate of drug-likeness (QED) is 0.749. The van der Waals surface area contributed by atoms with Crippen molar-refractivity contribution in [3.8, 4) is 0 Å². The summed E-state index contributed by atoms with van der Waals surface area (Å²) in [5.41, 5.74) is 2.91. The summed E-state index contributed by atoms with van der Waals surface area (Å²) >= 11 is 0. The molecule has 1 aromatic heterocycles. The van der Waals surface area contributed by atoms with Gasteiger partial charge in [0.1, 0.15) is 5.52 Å². The number of nitrogens with zero attached hydrogens (tertiary/aromatic N) is 1. The Hall–Kier alpha value is -3.15. The summed E-state index contributed by atoms with van der Waals surface area (Å²) in [5, 5.41) is 2.66. The monoisotopic (exact) mass is 310 g/mol. The number of hydrogen-bond donors (Lipinski definition) is 1. The average Bonchev–Trinajstić information content (AvgIpc) is 3.03. The Morgan fingerprint density at radius 2 is 1.96 bits per heavy atom. The zero-order chi connectivity index (χ0) is 16.2. The van der Waals surface area contributed by atoms with Crippen LogP contribution in [0.15, 0.2) is 53.3 Å². The number of ether oxygens (including phenoxy) is 1. The van der Waals surface area contributed by atoms with E-state index in [0.717, 1.165) is 5.56 Å². The van der Waals surface area contributed by atoms with E-state index >= 15 is 0 Å². The molecule has 23 heavy (non-hydrogen) atoms. The van der Waals surface area contributed by atoms with Crippen LogP contribution in [0.25, 0.3) is 11.1 Å². The molecule has 3 rings (SSSR count). The molecule has 0 fully saturated rings. The van der Waals surface area contributed by atoms with Gasteiger partial charge in [0, 0.05) is 5.69 Å². The predicted molar refractivity (Wildman–Crippen MR) is 84.1 cm³/mol. The van der Waals surface area contributed by atoms with E-state index in [2.05, 4.69) is 10.3 Å². The minimum absolute atomic E-state index is 0.263. The van der Waals surface area contributed by atoms with Crippen LogP contribution in [0.2, 0.25) is 0 Å². The van der Waals surface area contributed by atoms with Crippen LogP contribution >= 0.6 is 0 Å². The summed E-state index contributed by atoms with van der Waals surface area (Å²) < 4.78 is 10.2. The fourth-order valence-corrected chi connectivity index (χ4v) is 2.09. The first-order valence-electron chi connectivity index (χ1n) is 6.99. The Bertz CT molecular complexity index is 852. The number of rotatable bonds is 4. The van der Waals surface area contributed by atoms with E-state index in [4.69, 9.17) is 9.15 Å². The standard InChI is InChI=1S/C17H14N2O4/c1-11-5-7-12(8-6-11)19-15(20)9-22-17(21)13-3-2-4-14-16(13)18-10-23-14/h2-8,10H,9H2,1H3,(H,19,20). The molecule has 116 valence electrons. The third-order valence-corrected chi connectivity index (χ3v) is 3.25. The molecular formula is C17H14N2O4. The molecular weight excluding hydrogens is 296 g/mol. The number of para-hydroxylation sites is 1. The molecule has 1 heterocycles. The third-order valence-electron chi connectivity index (χ3n) is 3.25. The smallest absolute Gasteiger partial charge is 0.340 e. The highest BCUT2D eigenvalue weighted by molar-refractivity contribution is 6.02. The second-order valence-corrected chi connectivity index (χ2v) is 5.00. The van der Waals surface area contributed by atoms with E-state index in [1.165, 1.54) is 6.39 Å². The van der Waals surface area contributed by atoms with Crippen molar-refractivity contribution in [3.05, 3.63) is 60.0 Å². The number of carbonyl (C=O) groups is 2. The van der Waals surface area contributed by atoms with Gasteiger partial charge < -0.3 is 14.5 Å². The van der Waals surface area contributed by atoms with Crippen molar-refractivity contribution in [3.63, 3.8) is 0 Å². The summed E-state index contributed by atoms with van der Waals surface area (Å²) in [7, 11) is 0.